The molecule has 0 bridgehead atoms. The van der Waals surface area contributed by atoms with E-state index >= 15 is 0 Å². The van der Waals surface area contributed by atoms with E-state index < -0.39 is 0 Å². The van der Waals surface area contributed by atoms with Gasteiger partial charge in [-0.3, -0.25) is 0 Å². The number of halogens is 1. The summed E-state index contributed by atoms with van der Waals surface area (Å²) in [4.78, 5) is 0. The van der Waals surface area contributed by atoms with Gasteiger partial charge in [0.25, 0.3) is 0 Å². The Labute approximate surface area is 288 Å². The molecule has 1 N–H and O–H groups in total. The van der Waals surface area contributed by atoms with Crippen LogP contribution in [-0.4, -0.2) is 18.8 Å². The zero-order valence-electron chi connectivity index (χ0n) is 31.0. The third-order valence-electron chi connectivity index (χ3n) is 7.88. The molecule has 0 aliphatic rings. The van der Waals surface area contributed by atoms with E-state index in [1.807, 2.05) is 19.1 Å². The fourth-order valence-corrected chi connectivity index (χ4v) is 5.07. The Morgan fingerprint density at radius 2 is 1.15 bits per heavy atom. The molecule has 260 valence electrons. The zero-order chi connectivity index (χ0) is 35.0. The molecule has 0 atom stereocenters. The molecular formula is C44H65FO2. The number of methoxy groups -OCH3 is 1. The second-order valence-corrected chi connectivity index (χ2v) is 13.5. The van der Waals surface area contributed by atoms with E-state index in [0.717, 1.165) is 17.7 Å². The van der Waals surface area contributed by atoms with Crippen molar-refractivity contribution in [2.45, 2.75) is 121 Å². The van der Waals surface area contributed by atoms with E-state index in [1.54, 1.807) is 13.2 Å². The van der Waals surface area contributed by atoms with Crippen LogP contribution in [0, 0.1) is 33.5 Å². The number of ether oxygens (including phenoxy) is 1. The summed E-state index contributed by atoms with van der Waals surface area (Å²) in [5, 5.41) is 8.75. The Morgan fingerprint density at radius 3 is 1.60 bits per heavy atom. The van der Waals surface area contributed by atoms with Crippen LogP contribution in [0.2, 0.25) is 0 Å². The Hall–Kier alpha value is -3.43. The third-order valence-corrected chi connectivity index (χ3v) is 7.88. The second kappa shape index (κ2) is 22.2. The van der Waals surface area contributed by atoms with Crippen molar-refractivity contribution < 1.29 is 14.2 Å². The van der Waals surface area contributed by atoms with Gasteiger partial charge in [-0.15, -0.1) is 0 Å². The lowest BCUT2D eigenvalue weighted by molar-refractivity contribution is 0.299. The molecule has 0 saturated carbocycles. The van der Waals surface area contributed by atoms with Crippen molar-refractivity contribution in [1.82, 2.24) is 0 Å². The van der Waals surface area contributed by atoms with Gasteiger partial charge in [-0.25, -0.2) is 4.39 Å². The van der Waals surface area contributed by atoms with Crippen LogP contribution in [0.1, 0.15) is 137 Å². The van der Waals surface area contributed by atoms with Crippen LogP contribution in [0.15, 0.2) is 78.9 Å². The van der Waals surface area contributed by atoms with Gasteiger partial charge in [-0.2, -0.15) is 0 Å². The van der Waals surface area contributed by atoms with Gasteiger partial charge in [0.1, 0.15) is 11.6 Å². The largest absolute Gasteiger partial charge is 0.496 e. The van der Waals surface area contributed by atoms with E-state index in [2.05, 4.69) is 131 Å². The maximum Gasteiger partial charge on any atom is 0.123 e. The Balaban J connectivity index is 0.000000597. The highest BCUT2D eigenvalue weighted by atomic mass is 19.1. The van der Waals surface area contributed by atoms with Crippen LogP contribution in [0.5, 0.6) is 5.75 Å². The molecule has 4 aromatic carbocycles. The van der Waals surface area contributed by atoms with Gasteiger partial charge in [-0.1, -0.05) is 135 Å². The summed E-state index contributed by atoms with van der Waals surface area (Å²) in [6.45, 7) is 26.0. The lowest BCUT2D eigenvalue weighted by atomic mass is 9.98. The van der Waals surface area contributed by atoms with Crippen molar-refractivity contribution in [3.63, 3.8) is 0 Å². The van der Waals surface area contributed by atoms with Crippen molar-refractivity contribution >= 4 is 0 Å². The first kappa shape index (κ1) is 43.6. The number of aryl methyl sites for hydroxylation is 4. The fraction of sp³-hybridized carbons (Fsp3) is 0.455. The first-order chi connectivity index (χ1) is 21.6. The summed E-state index contributed by atoms with van der Waals surface area (Å²) < 4.78 is 17.9. The molecule has 0 amide bonds. The molecule has 0 saturated heterocycles. The average molecular weight is 645 g/mol. The normalized spacial score (nSPS) is 10.4. The lowest BCUT2D eigenvalue weighted by Crippen LogP contribution is -1.93. The highest BCUT2D eigenvalue weighted by Gasteiger charge is 2.04. The summed E-state index contributed by atoms with van der Waals surface area (Å²) in [5.74, 6) is 3.05. The number of rotatable bonds is 7. The molecule has 0 fully saturated rings. The first-order valence-electron chi connectivity index (χ1n) is 16.8. The summed E-state index contributed by atoms with van der Waals surface area (Å²) in [6, 6.07) is 26.4. The SMILES string of the molecule is C.CC(C)c1cccc(CCO)c1.COc1ccc(C(C)C)cc1C.Cc1cc(C)cc(C(C)C)c1.Cc1ccc(F)cc1C(C)C. The molecule has 0 radical (unpaired) electrons. The fourth-order valence-electron chi connectivity index (χ4n) is 5.07. The monoisotopic (exact) mass is 644 g/mol. The van der Waals surface area contributed by atoms with E-state index in [0.29, 0.717) is 23.7 Å². The van der Waals surface area contributed by atoms with Crippen LogP contribution in [0.3, 0.4) is 0 Å². The van der Waals surface area contributed by atoms with Crippen molar-refractivity contribution in [3.05, 3.63) is 135 Å². The number of benzene rings is 4. The molecule has 4 rings (SSSR count). The van der Waals surface area contributed by atoms with E-state index in [4.69, 9.17) is 9.84 Å². The van der Waals surface area contributed by atoms with Gasteiger partial charge >= 0.3 is 0 Å². The smallest absolute Gasteiger partial charge is 0.123 e. The summed E-state index contributed by atoms with van der Waals surface area (Å²) in [5.41, 5.74) is 11.6. The number of aliphatic hydroxyl groups excluding tert-OH is 1. The average Bonchev–Trinajstić information content (AvgIpc) is 2.99. The predicted molar refractivity (Wildman–Crippen MR) is 205 cm³/mol. The molecule has 4 aromatic rings. The van der Waals surface area contributed by atoms with Crippen LogP contribution in [-0.2, 0) is 6.42 Å². The second-order valence-electron chi connectivity index (χ2n) is 13.5. The minimum Gasteiger partial charge on any atom is -0.496 e. The van der Waals surface area contributed by atoms with E-state index in [-0.39, 0.29) is 19.9 Å². The third kappa shape index (κ3) is 16.3. The summed E-state index contributed by atoms with van der Waals surface area (Å²) >= 11 is 0. The first-order valence-corrected chi connectivity index (χ1v) is 16.8. The Bertz CT molecular complexity index is 1430. The molecule has 0 heterocycles. The lowest BCUT2D eigenvalue weighted by Gasteiger charge is -2.09. The van der Waals surface area contributed by atoms with Crippen LogP contribution >= 0.6 is 0 Å². The van der Waals surface area contributed by atoms with E-state index in [9.17, 15) is 4.39 Å². The minimum atomic E-state index is -0.140. The molecular weight excluding hydrogens is 579 g/mol. The quantitative estimate of drug-likeness (QED) is 0.217. The van der Waals surface area contributed by atoms with Crippen molar-refractivity contribution in [1.29, 1.82) is 0 Å². The minimum absolute atomic E-state index is 0. The molecule has 0 aliphatic heterocycles. The maximum absolute atomic E-state index is 12.7. The van der Waals surface area contributed by atoms with Gasteiger partial charge in [0.15, 0.2) is 0 Å². The van der Waals surface area contributed by atoms with Crippen molar-refractivity contribution in [2.24, 2.45) is 0 Å². The molecule has 0 aromatic heterocycles. The standard InChI is InChI=1S/2C11H16O.C11H16.C10H13F.CH4/c1-8(2)10-5-6-11(12-4)9(3)7-10;1-9(2)11-5-3-4-10(8-11)6-7-12;1-8(2)11-6-9(3)5-10(4)7-11;1-7(2)10-6-9(11)5-4-8(10)3;/h5-8H,1-4H3;3-5,8-9,12H,6-7H2,1-2H3;5-8H,1-4H3;4-7H,1-3H3;1H4. The molecule has 0 aliphatic carbocycles. The highest BCUT2D eigenvalue weighted by Crippen LogP contribution is 2.23. The summed E-state index contributed by atoms with van der Waals surface area (Å²) in [7, 11) is 1.71. The molecule has 0 unspecified atom stereocenters. The van der Waals surface area contributed by atoms with Crippen LogP contribution in [0.4, 0.5) is 4.39 Å². The molecule has 3 heteroatoms. The van der Waals surface area contributed by atoms with Crippen molar-refractivity contribution in [2.75, 3.05) is 13.7 Å². The highest BCUT2D eigenvalue weighted by molar-refractivity contribution is 5.37. The van der Waals surface area contributed by atoms with Gasteiger partial charge in [0, 0.05) is 6.61 Å². The zero-order valence-corrected chi connectivity index (χ0v) is 31.0. The number of hydrogen-bond donors (Lipinski definition) is 1. The topological polar surface area (TPSA) is 29.5 Å². The van der Waals surface area contributed by atoms with E-state index in [1.165, 1.54) is 50.6 Å². The van der Waals surface area contributed by atoms with Crippen molar-refractivity contribution in [3.8, 4) is 5.75 Å². The Morgan fingerprint density at radius 1 is 0.596 bits per heavy atom. The molecule has 47 heavy (non-hydrogen) atoms. The van der Waals surface area contributed by atoms with Gasteiger partial charge < -0.3 is 9.84 Å². The summed E-state index contributed by atoms with van der Waals surface area (Å²) in [6.07, 6.45) is 0.764. The van der Waals surface area contributed by atoms with Gasteiger partial charge in [0.2, 0.25) is 0 Å². The van der Waals surface area contributed by atoms with Gasteiger partial charge in [-0.05, 0) is 115 Å². The van der Waals surface area contributed by atoms with Crippen LogP contribution in [0.25, 0.3) is 0 Å². The predicted octanol–water partition coefficient (Wildman–Crippen LogP) is 12.8. The number of aliphatic hydroxyl groups is 1. The Kier molecular flexibility index (Phi) is 20.6. The molecule has 0 spiro atoms. The maximum atomic E-state index is 12.7. The number of hydrogen-bond acceptors (Lipinski definition) is 2. The van der Waals surface area contributed by atoms with Crippen LogP contribution < -0.4 is 4.74 Å². The molecule has 2 nitrogen and oxygen atoms in total. The van der Waals surface area contributed by atoms with Gasteiger partial charge in [0.05, 0.1) is 7.11 Å².